The van der Waals surface area contributed by atoms with E-state index >= 15 is 0 Å². The molecule has 0 saturated heterocycles. The molecule has 0 aliphatic rings. The van der Waals surface area contributed by atoms with Crippen LogP contribution in [0.3, 0.4) is 0 Å². The summed E-state index contributed by atoms with van der Waals surface area (Å²) in [7, 11) is 1.60. The van der Waals surface area contributed by atoms with E-state index in [1.54, 1.807) is 19.2 Å². The topological polar surface area (TPSA) is 59.9 Å². The van der Waals surface area contributed by atoms with Gasteiger partial charge in [-0.25, -0.2) is 5.43 Å². The number of nitrogens with one attached hydrogen (secondary N) is 1. The Morgan fingerprint density at radius 2 is 1.92 bits per heavy atom. The molecule has 0 aliphatic heterocycles. The van der Waals surface area contributed by atoms with E-state index in [1.807, 2.05) is 44.2 Å². The van der Waals surface area contributed by atoms with Crippen molar-refractivity contribution in [3.8, 4) is 11.5 Å². The van der Waals surface area contributed by atoms with Crippen molar-refractivity contribution in [2.24, 2.45) is 5.10 Å². The molecule has 24 heavy (non-hydrogen) atoms. The van der Waals surface area contributed by atoms with Gasteiger partial charge < -0.3 is 9.47 Å². The van der Waals surface area contributed by atoms with Gasteiger partial charge in [0.2, 0.25) is 0 Å². The van der Waals surface area contributed by atoms with Crippen LogP contribution in [0.25, 0.3) is 0 Å². The van der Waals surface area contributed by atoms with Crippen molar-refractivity contribution in [1.29, 1.82) is 0 Å². The van der Waals surface area contributed by atoms with Crippen molar-refractivity contribution in [3.63, 3.8) is 0 Å². The molecular formula is C18H19BrN2O3. The monoisotopic (exact) mass is 390 g/mol. The Balaban J connectivity index is 1.95. The Labute approximate surface area is 149 Å². The second kappa shape index (κ2) is 8.49. The summed E-state index contributed by atoms with van der Waals surface area (Å²) in [4.78, 5) is 11.9. The van der Waals surface area contributed by atoms with Gasteiger partial charge in [0.25, 0.3) is 5.91 Å². The van der Waals surface area contributed by atoms with Crippen LogP contribution in [0.4, 0.5) is 0 Å². The van der Waals surface area contributed by atoms with Crippen LogP contribution in [0.15, 0.2) is 52.0 Å². The summed E-state index contributed by atoms with van der Waals surface area (Å²) in [5, 5.41) is 4.12. The minimum atomic E-state index is -0.330. The van der Waals surface area contributed by atoms with E-state index < -0.39 is 0 Å². The minimum absolute atomic E-state index is 0.108. The summed E-state index contributed by atoms with van der Waals surface area (Å²) in [5.41, 5.74) is 5.08. The van der Waals surface area contributed by atoms with Crippen LogP contribution in [0, 0.1) is 6.92 Å². The first-order valence-electron chi connectivity index (χ1n) is 7.36. The highest BCUT2D eigenvalue weighted by Crippen LogP contribution is 2.20. The molecule has 126 valence electrons. The first-order chi connectivity index (χ1) is 11.5. The van der Waals surface area contributed by atoms with Crippen molar-refractivity contribution in [3.05, 3.63) is 58.1 Å². The average Bonchev–Trinajstić information content (AvgIpc) is 2.59. The van der Waals surface area contributed by atoms with Crippen LogP contribution < -0.4 is 14.9 Å². The molecule has 0 radical (unpaired) electrons. The molecule has 1 amide bonds. The van der Waals surface area contributed by atoms with Crippen LogP contribution >= 0.6 is 15.9 Å². The third kappa shape index (κ3) is 5.09. The molecular weight excluding hydrogens is 372 g/mol. The van der Waals surface area contributed by atoms with E-state index in [-0.39, 0.29) is 12.5 Å². The maximum absolute atomic E-state index is 11.9. The molecule has 0 unspecified atom stereocenters. The third-order valence-electron chi connectivity index (χ3n) is 3.28. The summed E-state index contributed by atoms with van der Waals surface area (Å²) in [5.74, 6) is 1.00. The molecule has 2 aromatic carbocycles. The first-order valence-corrected chi connectivity index (χ1v) is 8.15. The van der Waals surface area contributed by atoms with Gasteiger partial charge in [0.15, 0.2) is 6.61 Å². The fourth-order valence-corrected chi connectivity index (χ4v) is 2.29. The van der Waals surface area contributed by atoms with Crippen LogP contribution in [0.1, 0.15) is 18.1 Å². The maximum atomic E-state index is 11.9. The van der Waals surface area contributed by atoms with Gasteiger partial charge in [-0.3, -0.25) is 4.79 Å². The Morgan fingerprint density at radius 1 is 1.21 bits per heavy atom. The van der Waals surface area contributed by atoms with E-state index in [4.69, 9.17) is 9.47 Å². The Morgan fingerprint density at radius 3 is 2.58 bits per heavy atom. The zero-order chi connectivity index (χ0) is 17.5. The van der Waals surface area contributed by atoms with Gasteiger partial charge in [-0.05, 0) is 50.2 Å². The van der Waals surface area contributed by atoms with E-state index in [0.717, 1.165) is 15.6 Å². The van der Waals surface area contributed by atoms with Gasteiger partial charge >= 0.3 is 0 Å². The number of hydrogen-bond acceptors (Lipinski definition) is 4. The number of hydrogen-bond donors (Lipinski definition) is 1. The summed E-state index contributed by atoms with van der Waals surface area (Å²) < 4.78 is 11.7. The Kier molecular flexibility index (Phi) is 6.37. The molecule has 0 fully saturated rings. The highest BCUT2D eigenvalue weighted by Gasteiger charge is 2.08. The molecule has 0 heterocycles. The van der Waals surface area contributed by atoms with E-state index in [9.17, 15) is 4.79 Å². The standard InChI is InChI=1S/C18H19BrN2O3/c1-12-4-9-17(23-3)16(10-12)13(2)20-21-18(22)11-24-15-7-5-14(19)6-8-15/h4-10H,11H2,1-3H3,(H,21,22)/b20-13-. The molecule has 0 bridgehead atoms. The number of rotatable bonds is 6. The number of amides is 1. The molecule has 1 N–H and O–H groups in total. The molecule has 0 saturated carbocycles. The van der Waals surface area contributed by atoms with Gasteiger partial charge in [-0.2, -0.15) is 5.10 Å². The number of hydrazone groups is 1. The van der Waals surface area contributed by atoms with E-state index in [2.05, 4.69) is 26.5 Å². The van der Waals surface area contributed by atoms with Gasteiger partial charge in [-0.15, -0.1) is 0 Å². The van der Waals surface area contributed by atoms with Gasteiger partial charge in [0.05, 0.1) is 12.8 Å². The summed E-state index contributed by atoms with van der Waals surface area (Å²) in [6.07, 6.45) is 0. The van der Waals surface area contributed by atoms with E-state index in [0.29, 0.717) is 17.2 Å². The lowest BCUT2D eigenvalue weighted by Gasteiger charge is -2.09. The van der Waals surface area contributed by atoms with Crippen LogP contribution in [0.5, 0.6) is 11.5 Å². The highest BCUT2D eigenvalue weighted by atomic mass is 79.9. The van der Waals surface area contributed by atoms with Crippen molar-refractivity contribution in [1.82, 2.24) is 5.43 Å². The lowest BCUT2D eigenvalue weighted by molar-refractivity contribution is -0.123. The van der Waals surface area contributed by atoms with Crippen molar-refractivity contribution in [2.75, 3.05) is 13.7 Å². The maximum Gasteiger partial charge on any atom is 0.277 e. The Bertz CT molecular complexity index is 742. The lowest BCUT2D eigenvalue weighted by atomic mass is 10.1. The second-order valence-electron chi connectivity index (χ2n) is 5.18. The van der Waals surface area contributed by atoms with Crippen LogP contribution in [-0.4, -0.2) is 25.3 Å². The zero-order valence-corrected chi connectivity index (χ0v) is 15.4. The highest BCUT2D eigenvalue weighted by molar-refractivity contribution is 9.10. The fourth-order valence-electron chi connectivity index (χ4n) is 2.02. The smallest absolute Gasteiger partial charge is 0.277 e. The number of carbonyl (C=O) groups is 1. The summed E-state index contributed by atoms with van der Waals surface area (Å²) in [6, 6.07) is 13.1. The average molecular weight is 391 g/mol. The number of carbonyl (C=O) groups excluding carboxylic acids is 1. The largest absolute Gasteiger partial charge is 0.496 e. The predicted molar refractivity (Wildman–Crippen MR) is 97.7 cm³/mol. The van der Waals surface area contributed by atoms with E-state index in [1.165, 1.54) is 0 Å². The van der Waals surface area contributed by atoms with Crippen LogP contribution in [-0.2, 0) is 4.79 Å². The first kappa shape index (κ1) is 18.0. The summed E-state index contributed by atoms with van der Waals surface area (Å²) in [6.45, 7) is 3.69. The molecule has 0 spiro atoms. The van der Waals surface area contributed by atoms with Gasteiger partial charge in [-0.1, -0.05) is 27.6 Å². The molecule has 2 rings (SSSR count). The van der Waals surface area contributed by atoms with Crippen LogP contribution in [0.2, 0.25) is 0 Å². The molecule has 5 nitrogen and oxygen atoms in total. The zero-order valence-electron chi connectivity index (χ0n) is 13.8. The quantitative estimate of drug-likeness (QED) is 0.604. The van der Waals surface area contributed by atoms with Gasteiger partial charge in [0.1, 0.15) is 11.5 Å². The second-order valence-corrected chi connectivity index (χ2v) is 6.09. The SMILES string of the molecule is COc1ccc(C)cc1/C(C)=N\NC(=O)COc1ccc(Br)cc1. The molecule has 6 heteroatoms. The molecule has 0 aliphatic carbocycles. The number of benzene rings is 2. The third-order valence-corrected chi connectivity index (χ3v) is 3.81. The Hall–Kier alpha value is -2.34. The van der Waals surface area contributed by atoms with Gasteiger partial charge in [0, 0.05) is 10.0 Å². The molecule has 0 atom stereocenters. The van der Waals surface area contributed by atoms with Crippen molar-refractivity contribution in [2.45, 2.75) is 13.8 Å². The normalized spacial score (nSPS) is 11.1. The number of aryl methyl sites for hydroxylation is 1. The molecule has 0 aromatic heterocycles. The lowest BCUT2D eigenvalue weighted by Crippen LogP contribution is -2.25. The number of ether oxygens (including phenoxy) is 2. The fraction of sp³-hybridized carbons (Fsp3) is 0.222. The number of halogens is 1. The van der Waals surface area contributed by atoms with Crippen molar-refractivity contribution < 1.29 is 14.3 Å². The predicted octanol–water partition coefficient (Wildman–Crippen LogP) is 3.69. The van der Waals surface area contributed by atoms with Crippen molar-refractivity contribution >= 4 is 27.5 Å². The number of nitrogens with zero attached hydrogens (tertiary/aromatic N) is 1. The minimum Gasteiger partial charge on any atom is -0.496 e. The summed E-state index contributed by atoms with van der Waals surface area (Å²) >= 11 is 3.34. The number of methoxy groups -OCH3 is 1. The molecule has 2 aromatic rings.